The van der Waals surface area contributed by atoms with Gasteiger partial charge in [0.15, 0.2) is 9.84 Å². The van der Waals surface area contributed by atoms with Gasteiger partial charge in [-0.15, -0.1) is 0 Å². The van der Waals surface area contributed by atoms with Crippen molar-refractivity contribution in [2.45, 2.75) is 52.5 Å². The van der Waals surface area contributed by atoms with E-state index in [1.165, 1.54) is 25.7 Å². The van der Waals surface area contributed by atoms with Gasteiger partial charge in [0.1, 0.15) is 0 Å². The molecule has 0 spiro atoms. The van der Waals surface area contributed by atoms with E-state index < -0.39 is 9.84 Å². The molecular formula is C16H30N2O3S. The summed E-state index contributed by atoms with van der Waals surface area (Å²) in [5, 5.41) is 3.04. The molecule has 0 saturated heterocycles. The summed E-state index contributed by atoms with van der Waals surface area (Å²) in [7, 11) is -3.07. The molecule has 0 radical (unpaired) electrons. The van der Waals surface area contributed by atoms with Gasteiger partial charge in [-0.2, -0.15) is 0 Å². The van der Waals surface area contributed by atoms with E-state index in [2.05, 4.69) is 5.32 Å². The number of nitrogens with zero attached hydrogens (tertiary/aromatic N) is 1. The molecule has 1 N–H and O–H groups in total. The van der Waals surface area contributed by atoms with Gasteiger partial charge < -0.3 is 10.2 Å². The van der Waals surface area contributed by atoms with Gasteiger partial charge in [-0.1, -0.05) is 13.3 Å². The second kappa shape index (κ2) is 7.20. The molecule has 2 aliphatic carbocycles. The third-order valence-corrected chi connectivity index (χ3v) is 7.34. The van der Waals surface area contributed by atoms with E-state index in [9.17, 15) is 13.2 Å². The SMILES string of the molecule is CCN(C(=O)NC[C@@H]1C[C@H]2CC[C@H]1C2)[C@@H](C)CS(=O)(=O)CC. The van der Waals surface area contributed by atoms with Gasteiger partial charge >= 0.3 is 6.03 Å². The van der Waals surface area contributed by atoms with Gasteiger partial charge in [0.2, 0.25) is 0 Å². The maximum atomic E-state index is 12.4. The van der Waals surface area contributed by atoms with E-state index in [1.807, 2.05) is 13.8 Å². The summed E-state index contributed by atoms with van der Waals surface area (Å²) in [6.07, 6.45) is 5.26. The lowest BCUT2D eigenvalue weighted by Crippen LogP contribution is -2.48. The van der Waals surface area contributed by atoms with E-state index in [0.717, 1.165) is 18.4 Å². The molecular weight excluding hydrogens is 300 g/mol. The number of rotatable bonds is 7. The molecule has 0 aliphatic heterocycles. The Bertz CT molecular complexity index is 492. The molecule has 0 aromatic rings. The molecule has 2 amide bonds. The number of hydrogen-bond donors (Lipinski definition) is 1. The van der Waals surface area contributed by atoms with Gasteiger partial charge in [-0.3, -0.25) is 0 Å². The minimum Gasteiger partial charge on any atom is -0.338 e. The minimum atomic E-state index is -3.07. The Kier molecular flexibility index (Phi) is 5.75. The fourth-order valence-corrected chi connectivity index (χ4v) is 5.33. The molecule has 5 nitrogen and oxygen atoms in total. The van der Waals surface area contributed by atoms with Crippen LogP contribution in [0.25, 0.3) is 0 Å². The number of fused-ring (bicyclic) bond motifs is 2. The number of amides is 2. The zero-order valence-corrected chi connectivity index (χ0v) is 14.9. The van der Waals surface area contributed by atoms with Crippen molar-refractivity contribution in [2.24, 2.45) is 17.8 Å². The molecule has 2 saturated carbocycles. The molecule has 2 fully saturated rings. The van der Waals surface area contributed by atoms with Gasteiger partial charge in [-0.05, 0) is 50.9 Å². The van der Waals surface area contributed by atoms with Crippen molar-refractivity contribution in [1.29, 1.82) is 0 Å². The predicted molar refractivity (Wildman–Crippen MR) is 88.5 cm³/mol. The highest BCUT2D eigenvalue weighted by Crippen LogP contribution is 2.47. The molecule has 2 bridgehead atoms. The standard InChI is InChI=1S/C16H30N2O3S/c1-4-18(12(3)11-22(20,21)5-2)16(19)17-10-15-9-13-6-7-14(15)8-13/h12-15H,4-11H2,1-3H3,(H,17,19)/t12-,13-,14-,15-/m0/s1. The maximum Gasteiger partial charge on any atom is 0.317 e. The Balaban J connectivity index is 1.83. The number of carbonyl (C=O) groups is 1. The van der Waals surface area contributed by atoms with Crippen molar-refractivity contribution in [3.63, 3.8) is 0 Å². The lowest BCUT2D eigenvalue weighted by atomic mass is 9.89. The van der Waals surface area contributed by atoms with Crippen LogP contribution in [0.3, 0.4) is 0 Å². The first-order valence-electron chi connectivity index (χ1n) is 8.61. The van der Waals surface area contributed by atoms with Crippen LogP contribution in [0, 0.1) is 17.8 Å². The number of carbonyl (C=O) groups excluding carboxylic acids is 1. The summed E-state index contributed by atoms with van der Waals surface area (Å²) in [5.41, 5.74) is 0. The van der Waals surface area contributed by atoms with Crippen molar-refractivity contribution in [2.75, 3.05) is 24.6 Å². The molecule has 0 heterocycles. The largest absolute Gasteiger partial charge is 0.338 e. The van der Waals surface area contributed by atoms with Gasteiger partial charge in [-0.25, -0.2) is 13.2 Å². The van der Waals surface area contributed by atoms with Crippen LogP contribution < -0.4 is 5.32 Å². The normalized spacial score (nSPS) is 28.6. The number of sulfone groups is 1. The Labute approximate surface area is 134 Å². The van der Waals surface area contributed by atoms with Crippen LogP contribution in [0.1, 0.15) is 46.5 Å². The van der Waals surface area contributed by atoms with Gasteiger partial charge in [0, 0.05) is 24.9 Å². The topological polar surface area (TPSA) is 66.5 Å². The lowest BCUT2D eigenvalue weighted by Gasteiger charge is -2.29. The minimum absolute atomic E-state index is 0.0406. The zero-order valence-electron chi connectivity index (χ0n) is 14.0. The Hall–Kier alpha value is -0.780. The molecule has 2 rings (SSSR count). The molecule has 0 aromatic heterocycles. The summed E-state index contributed by atoms with van der Waals surface area (Å²) in [4.78, 5) is 14.0. The second-order valence-corrected chi connectivity index (χ2v) is 9.35. The Morgan fingerprint density at radius 3 is 2.50 bits per heavy atom. The highest BCUT2D eigenvalue weighted by atomic mass is 32.2. The van der Waals surface area contributed by atoms with Crippen LogP contribution in [-0.4, -0.2) is 50.0 Å². The summed E-state index contributed by atoms with van der Waals surface area (Å²) in [6, 6.07) is -0.404. The van der Waals surface area contributed by atoms with E-state index in [4.69, 9.17) is 0 Å². The van der Waals surface area contributed by atoms with Crippen molar-refractivity contribution in [3.8, 4) is 0 Å². The van der Waals surface area contributed by atoms with Crippen molar-refractivity contribution >= 4 is 15.9 Å². The van der Waals surface area contributed by atoms with E-state index in [0.29, 0.717) is 12.5 Å². The first-order chi connectivity index (χ1) is 10.4. The zero-order chi connectivity index (χ0) is 16.3. The quantitative estimate of drug-likeness (QED) is 0.779. The van der Waals surface area contributed by atoms with Crippen LogP contribution in [0.5, 0.6) is 0 Å². The first kappa shape index (κ1) is 17.6. The summed E-state index contributed by atoms with van der Waals surface area (Å²) in [5.74, 6) is 2.46. The third kappa shape index (κ3) is 4.15. The molecule has 0 unspecified atom stereocenters. The number of urea groups is 1. The fraction of sp³-hybridized carbons (Fsp3) is 0.938. The molecule has 0 aromatic carbocycles. The van der Waals surface area contributed by atoms with Crippen LogP contribution in [0.2, 0.25) is 0 Å². The molecule has 2 aliphatic rings. The molecule has 4 atom stereocenters. The van der Waals surface area contributed by atoms with Crippen LogP contribution in [-0.2, 0) is 9.84 Å². The third-order valence-electron chi connectivity index (χ3n) is 5.47. The Morgan fingerprint density at radius 2 is 2.00 bits per heavy atom. The van der Waals surface area contributed by atoms with Crippen molar-refractivity contribution in [3.05, 3.63) is 0 Å². The smallest absolute Gasteiger partial charge is 0.317 e. The molecule has 22 heavy (non-hydrogen) atoms. The number of hydrogen-bond acceptors (Lipinski definition) is 3. The van der Waals surface area contributed by atoms with E-state index >= 15 is 0 Å². The predicted octanol–water partition coefficient (Wildman–Crippen LogP) is 2.28. The monoisotopic (exact) mass is 330 g/mol. The fourth-order valence-electron chi connectivity index (χ4n) is 4.18. The van der Waals surface area contributed by atoms with E-state index in [-0.39, 0.29) is 23.6 Å². The first-order valence-corrected chi connectivity index (χ1v) is 10.4. The van der Waals surface area contributed by atoms with Crippen molar-refractivity contribution in [1.82, 2.24) is 10.2 Å². The molecule has 6 heteroatoms. The lowest BCUT2D eigenvalue weighted by molar-refractivity contribution is 0.183. The second-order valence-electron chi connectivity index (χ2n) is 6.95. The van der Waals surface area contributed by atoms with Gasteiger partial charge in [0.05, 0.1) is 5.75 Å². The van der Waals surface area contributed by atoms with Crippen LogP contribution in [0.15, 0.2) is 0 Å². The average molecular weight is 330 g/mol. The summed E-state index contributed by atoms with van der Waals surface area (Å²) in [6.45, 7) is 6.63. The highest BCUT2D eigenvalue weighted by molar-refractivity contribution is 7.91. The number of nitrogens with one attached hydrogen (secondary N) is 1. The highest BCUT2D eigenvalue weighted by Gasteiger charge is 2.39. The average Bonchev–Trinajstić information content (AvgIpc) is 3.07. The van der Waals surface area contributed by atoms with Crippen molar-refractivity contribution < 1.29 is 13.2 Å². The molecule has 128 valence electrons. The Morgan fingerprint density at radius 1 is 1.27 bits per heavy atom. The van der Waals surface area contributed by atoms with E-state index in [1.54, 1.807) is 11.8 Å². The maximum absolute atomic E-state index is 12.4. The van der Waals surface area contributed by atoms with Crippen LogP contribution in [0.4, 0.5) is 4.79 Å². The summed E-state index contributed by atoms with van der Waals surface area (Å²) < 4.78 is 23.5. The van der Waals surface area contributed by atoms with Gasteiger partial charge in [0.25, 0.3) is 0 Å². The van der Waals surface area contributed by atoms with Crippen LogP contribution >= 0.6 is 0 Å². The summed E-state index contributed by atoms with van der Waals surface area (Å²) >= 11 is 0.